The minimum atomic E-state index is -0.132. The molecule has 132 valence electrons. The van der Waals surface area contributed by atoms with Crippen molar-refractivity contribution in [2.24, 2.45) is 0 Å². The first-order chi connectivity index (χ1) is 11.6. The third kappa shape index (κ3) is 3.68. The number of likely N-dealkylation sites (N-methyl/N-ethyl adjacent to an activating group) is 1. The Morgan fingerprint density at radius 1 is 1.33 bits per heavy atom. The number of carbonyl (C=O) groups is 1. The largest absolute Gasteiger partial charge is 0.494 e. The van der Waals surface area contributed by atoms with Crippen LogP contribution in [-0.2, 0) is 4.74 Å². The van der Waals surface area contributed by atoms with E-state index >= 15 is 0 Å². The zero-order chi connectivity index (χ0) is 17.1. The van der Waals surface area contributed by atoms with Crippen molar-refractivity contribution in [3.05, 3.63) is 23.5 Å². The lowest BCUT2D eigenvalue weighted by atomic mass is 10.1. The Bertz CT molecular complexity index is 587. The molecule has 0 unspecified atom stereocenters. The highest BCUT2D eigenvalue weighted by molar-refractivity contribution is 5.97. The summed E-state index contributed by atoms with van der Waals surface area (Å²) in [5.41, 5.74) is 1.31. The third-order valence-corrected chi connectivity index (χ3v) is 4.84. The van der Waals surface area contributed by atoms with E-state index in [4.69, 9.17) is 9.47 Å². The van der Waals surface area contributed by atoms with E-state index < -0.39 is 0 Å². The quantitative estimate of drug-likeness (QED) is 0.845. The van der Waals surface area contributed by atoms with E-state index in [9.17, 15) is 4.79 Å². The molecule has 24 heavy (non-hydrogen) atoms. The topological polar surface area (TPSA) is 66.9 Å². The van der Waals surface area contributed by atoms with Crippen molar-refractivity contribution in [3.8, 4) is 5.75 Å². The normalized spacial score (nSPS) is 25.6. The summed E-state index contributed by atoms with van der Waals surface area (Å²) in [6.07, 6.45) is 1.59. The van der Waals surface area contributed by atoms with Crippen LogP contribution in [0.4, 0.5) is 0 Å². The summed E-state index contributed by atoms with van der Waals surface area (Å²) in [4.78, 5) is 21.6. The van der Waals surface area contributed by atoms with Gasteiger partial charge in [-0.25, -0.2) is 0 Å². The molecule has 0 aliphatic carbocycles. The highest BCUT2D eigenvalue weighted by Gasteiger charge is 2.35. The zero-order valence-electron chi connectivity index (χ0n) is 14.6. The molecular weight excluding hydrogens is 308 g/mol. The standard InChI is InChI=1S/C17H26N4O3/c1-12-8-13(16(23-3)9-18-12)17(22)19-14-10-24-11-15(14)21-6-4-20(2)5-7-21/h8-9,14-15H,4-7,10-11H2,1-3H3,(H,19,22)/t14-,15-/m0/s1. The van der Waals surface area contributed by atoms with E-state index in [1.165, 1.54) is 0 Å². The molecule has 1 amide bonds. The lowest BCUT2D eigenvalue weighted by molar-refractivity contribution is 0.0827. The summed E-state index contributed by atoms with van der Waals surface area (Å²) in [7, 11) is 3.69. The van der Waals surface area contributed by atoms with Crippen LogP contribution in [-0.4, -0.2) is 86.3 Å². The zero-order valence-corrected chi connectivity index (χ0v) is 14.6. The fourth-order valence-corrected chi connectivity index (χ4v) is 3.33. The van der Waals surface area contributed by atoms with Crippen molar-refractivity contribution in [1.82, 2.24) is 20.1 Å². The molecule has 0 saturated carbocycles. The van der Waals surface area contributed by atoms with Crippen molar-refractivity contribution in [2.75, 3.05) is 53.6 Å². The number of nitrogens with one attached hydrogen (secondary N) is 1. The van der Waals surface area contributed by atoms with Crippen LogP contribution in [0.1, 0.15) is 16.1 Å². The summed E-state index contributed by atoms with van der Waals surface area (Å²) in [6, 6.07) is 1.99. The minimum Gasteiger partial charge on any atom is -0.494 e. The van der Waals surface area contributed by atoms with Crippen LogP contribution in [0.2, 0.25) is 0 Å². The average Bonchev–Trinajstić information content (AvgIpc) is 3.03. The maximum Gasteiger partial charge on any atom is 0.255 e. The molecule has 0 aromatic carbocycles. The number of hydrogen-bond donors (Lipinski definition) is 1. The first-order valence-corrected chi connectivity index (χ1v) is 8.40. The Labute approximate surface area is 142 Å². The van der Waals surface area contributed by atoms with Crippen LogP contribution in [0.5, 0.6) is 5.75 Å². The molecule has 1 N–H and O–H groups in total. The molecule has 7 heteroatoms. The Kier molecular flexibility index (Phi) is 5.33. The SMILES string of the molecule is COc1cnc(C)cc1C(=O)N[C@H]1COC[C@@H]1N1CCN(C)CC1. The Hall–Kier alpha value is -1.70. The number of pyridine rings is 1. The number of aromatic nitrogens is 1. The number of hydrogen-bond acceptors (Lipinski definition) is 6. The van der Waals surface area contributed by atoms with Crippen LogP contribution >= 0.6 is 0 Å². The maximum absolute atomic E-state index is 12.7. The highest BCUT2D eigenvalue weighted by atomic mass is 16.5. The molecule has 3 heterocycles. The first kappa shape index (κ1) is 17.1. The van der Waals surface area contributed by atoms with Gasteiger partial charge in [-0.05, 0) is 20.0 Å². The average molecular weight is 334 g/mol. The fourth-order valence-electron chi connectivity index (χ4n) is 3.33. The number of nitrogens with zero attached hydrogens (tertiary/aromatic N) is 3. The van der Waals surface area contributed by atoms with Gasteiger partial charge in [-0.1, -0.05) is 0 Å². The molecular formula is C17H26N4O3. The number of amides is 1. The summed E-state index contributed by atoms with van der Waals surface area (Å²) in [5.74, 6) is 0.361. The van der Waals surface area contributed by atoms with Gasteiger partial charge in [-0.3, -0.25) is 14.7 Å². The van der Waals surface area contributed by atoms with E-state index in [0.29, 0.717) is 24.5 Å². The van der Waals surface area contributed by atoms with Gasteiger partial charge in [0.25, 0.3) is 5.91 Å². The Morgan fingerprint density at radius 3 is 2.79 bits per heavy atom. The number of ether oxygens (including phenoxy) is 2. The third-order valence-electron chi connectivity index (χ3n) is 4.84. The number of piperazine rings is 1. The molecule has 2 atom stereocenters. The summed E-state index contributed by atoms with van der Waals surface area (Å²) < 4.78 is 10.9. The molecule has 0 spiro atoms. The van der Waals surface area contributed by atoms with Crippen LogP contribution in [0.3, 0.4) is 0 Å². The molecule has 3 rings (SSSR count). The van der Waals surface area contributed by atoms with Crippen LogP contribution in [0.25, 0.3) is 0 Å². The van der Waals surface area contributed by atoms with Gasteiger partial charge in [0.05, 0.1) is 44.2 Å². The van der Waals surface area contributed by atoms with Crippen molar-refractivity contribution < 1.29 is 14.3 Å². The predicted molar refractivity (Wildman–Crippen MR) is 90.5 cm³/mol. The van der Waals surface area contributed by atoms with Gasteiger partial charge in [0.1, 0.15) is 5.75 Å². The molecule has 7 nitrogen and oxygen atoms in total. The summed E-state index contributed by atoms with van der Waals surface area (Å²) in [5, 5.41) is 3.13. The number of carbonyl (C=O) groups excluding carboxylic acids is 1. The Balaban J connectivity index is 1.68. The van der Waals surface area contributed by atoms with E-state index in [2.05, 4.69) is 27.1 Å². The first-order valence-electron chi connectivity index (χ1n) is 8.40. The molecule has 1 aromatic rings. The van der Waals surface area contributed by atoms with Crippen molar-refractivity contribution in [1.29, 1.82) is 0 Å². The maximum atomic E-state index is 12.7. The summed E-state index contributed by atoms with van der Waals surface area (Å²) >= 11 is 0. The highest BCUT2D eigenvalue weighted by Crippen LogP contribution is 2.20. The second kappa shape index (κ2) is 7.46. The lowest BCUT2D eigenvalue weighted by Gasteiger charge is -2.38. The van der Waals surface area contributed by atoms with E-state index in [1.807, 2.05) is 6.92 Å². The van der Waals surface area contributed by atoms with Crippen molar-refractivity contribution >= 4 is 5.91 Å². The molecule has 2 fully saturated rings. The number of aryl methyl sites for hydroxylation is 1. The van der Waals surface area contributed by atoms with Crippen molar-refractivity contribution in [3.63, 3.8) is 0 Å². The monoisotopic (exact) mass is 334 g/mol. The van der Waals surface area contributed by atoms with E-state index in [0.717, 1.165) is 31.9 Å². The Morgan fingerprint density at radius 2 is 2.08 bits per heavy atom. The van der Waals surface area contributed by atoms with Crippen molar-refractivity contribution in [2.45, 2.75) is 19.0 Å². The summed E-state index contributed by atoms with van der Waals surface area (Å²) in [6.45, 7) is 7.20. The van der Waals surface area contributed by atoms with Gasteiger partial charge in [-0.15, -0.1) is 0 Å². The van der Waals surface area contributed by atoms with E-state index in [1.54, 1.807) is 19.4 Å². The van der Waals surface area contributed by atoms with Gasteiger partial charge in [0.15, 0.2) is 0 Å². The molecule has 2 saturated heterocycles. The number of methoxy groups -OCH3 is 1. The lowest BCUT2D eigenvalue weighted by Crippen LogP contribution is -2.56. The molecule has 0 radical (unpaired) electrons. The second-order valence-corrected chi connectivity index (χ2v) is 6.55. The predicted octanol–water partition coefficient (Wildman–Crippen LogP) is 0.143. The molecule has 2 aliphatic rings. The van der Waals surface area contributed by atoms with Gasteiger partial charge in [-0.2, -0.15) is 0 Å². The minimum absolute atomic E-state index is 0.000848. The smallest absolute Gasteiger partial charge is 0.255 e. The van der Waals surface area contributed by atoms with Crippen LogP contribution in [0, 0.1) is 6.92 Å². The van der Waals surface area contributed by atoms with Gasteiger partial charge < -0.3 is 19.7 Å². The second-order valence-electron chi connectivity index (χ2n) is 6.55. The van der Waals surface area contributed by atoms with Gasteiger partial charge in [0, 0.05) is 31.9 Å². The van der Waals surface area contributed by atoms with Gasteiger partial charge >= 0.3 is 0 Å². The molecule has 0 bridgehead atoms. The van der Waals surface area contributed by atoms with Crippen LogP contribution < -0.4 is 10.1 Å². The molecule has 1 aromatic heterocycles. The van der Waals surface area contributed by atoms with E-state index in [-0.39, 0.29) is 18.0 Å². The van der Waals surface area contributed by atoms with Crippen LogP contribution in [0.15, 0.2) is 12.3 Å². The van der Waals surface area contributed by atoms with Gasteiger partial charge in [0.2, 0.25) is 0 Å². The number of rotatable bonds is 4. The fraction of sp³-hybridized carbons (Fsp3) is 0.647. The molecule has 2 aliphatic heterocycles.